The molecule has 1 aliphatic heterocycles. The van der Waals surface area contributed by atoms with Crippen LogP contribution in [-0.2, 0) is 11.3 Å². The standard InChI is InChI=1S/C20H16BrN9O/c21-15-8-24-20(25-9-15)29-4-5-31-16(11-29)12-30-19-18(27-28-30)23-10-17(26-19)14-3-1-2-13(6-14)7-22/h1-3,6,8-10,16H,4-5,11-12H2/t16-/m0/s1. The summed E-state index contributed by atoms with van der Waals surface area (Å²) in [5.41, 5.74) is 3.07. The minimum Gasteiger partial charge on any atom is -0.373 e. The van der Waals surface area contributed by atoms with Crippen molar-refractivity contribution < 1.29 is 4.74 Å². The fourth-order valence-corrected chi connectivity index (χ4v) is 3.64. The van der Waals surface area contributed by atoms with Gasteiger partial charge in [0.15, 0.2) is 5.65 Å². The van der Waals surface area contributed by atoms with E-state index in [1.807, 2.05) is 12.1 Å². The van der Waals surface area contributed by atoms with Crippen molar-refractivity contribution in [2.24, 2.45) is 0 Å². The van der Waals surface area contributed by atoms with Gasteiger partial charge in [-0.25, -0.2) is 24.6 Å². The third kappa shape index (κ3) is 4.08. The molecular formula is C20H16BrN9O. The molecule has 10 nitrogen and oxygen atoms in total. The van der Waals surface area contributed by atoms with Crippen molar-refractivity contribution in [3.05, 3.63) is 52.9 Å². The minimum absolute atomic E-state index is 0.127. The molecule has 0 amide bonds. The maximum atomic E-state index is 9.15. The Morgan fingerprint density at radius 3 is 2.90 bits per heavy atom. The van der Waals surface area contributed by atoms with Gasteiger partial charge in [-0.1, -0.05) is 17.3 Å². The lowest BCUT2D eigenvalue weighted by Crippen LogP contribution is -2.45. The lowest BCUT2D eigenvalue weighted by molar-refractivity contribution is 0.0272. The number of hydrogen-bond acceptors (Lipinski definition) is 9. The van der Waals surface area contributed by atoms with Crippen molar-refractivity contribution in [1.29, 1.82) is 5.26 Å². The molecule has 0 N–H and O–H groups in total. The Labute approximate surface area is 185 Å². The first-order valence-corrected chi connectivity index (χ1v) is 10.4. The van der Waals surface area contributed by atoms with Gasteiger partial charge in [-0.15, -0.1) is 5.10 Å². The lowest BCUT2D eigenvalue weighted by Gasteiger charge is -2.32. The zero-order chi connectivity index (χ0) is 21.2. The van der Waals surface area contributed by atoms with Gasteiger partial charge < -0.3 is 9.64 Å². The summed E-state index contributed by atoms with van der Waals surface area (Å²) in [6, 6.07) is 9.40. The molecule has 0 aliphatic carbocycles. The van der Waals surface area contributed by atoms with E-state index in [0.717, 1.165) is 16.6 Å². The topological polar surface area (TPSA) is 119 Å². The SMILES string of the molecule is N#Cc1cccc(-c2cnc3nnn(C[C@@H]4CN(c5ncc(Br)cn5)CCO4)c3n2)c1. The van der Waals surface area contributed by atoms with Crippen LogP contribution in [0.5, 0.6) is 0 Å². The molecule has 31 heavy (non-hydrogen) atoms. The van der Waals surface area contributed by atoms with Crippen LogP contribution >= 0.6 is 15.9 Å². The van der Waals surface area contributed by atoms with Crippen molar-refractivity contribution in [3.8, 4) is 17.3 Å². The number of nitrogens with zero attached hydrogens (tertiary/aromatic N) is 9. The number of benzene rings is 1. The molecule has 0 unspecified atom stereocenters. The van der Waals surface area contributed by atoms with E-state index >= 15 is 0 Å². The second-order valence-electron chi connectivity index (χ2n) is 7.01. The summed E-state index contributed by atoms with van der Waals surface area (Å²) in [4.78, 5) is 19.9. The van der Waals surface area contributed by atoms with Gasteiger partial charge in [0.25, 0.3) is 0 Å². The Morgan fingerprint density at radius 2 is 2.06 bits per heavy atom. The fraction of sp³-hybridized carbons (Fsp3) is 0.250. The Bertz CT molecular complexity index is 1270. The van der Waals surface area contributed by atoms with E-state index in [9.17, 15) is 0 Å². The number of fused-ring (bicyclic) bond motifs is 1. The van der Waals surface area contributed by atoms with Gasteiger partial charge in [-0.2, -0.15) is 5.26 Å². The van der Waals surface area contributed by atoms with Gasteiger partial charge in [-0.05, 0) is 28.1 Å². The molecule has 0 saturated carbocycles. The van der Waals surface area contributed by atoms with Crippen LogP contribution in [0.4, 0.5) is 5.95 Å². The maximum absolute atomic E-state index is 9.15. The summed E-state index contributed by atoms with van der Waals surface area (Å²) in [6.07, 6.45) is 4.98. The second-order valence-corrected chi connectivity index (χ2v) is 7.92. The van der Waals surface area contributed by atoms with Crippen LogP contribution < -0.4 is 4.90 Å². The monoisotopic (exact) mass is 477 g/mol. The van der Waals surface area contributed by atoms with Crippen LogP contribution in [0, 0.1) is 11.3 Å². The molecule has 154 valence electrons. The summed E-state index contributed by atoms with van der Waals surface area (Å²) < 4.78 is 8.48. The summed E-state index contributed by atoms with van der Waals surface area (Å²) >= 11 is 3.36. The highest BCUT2D eigenvalue weighted by Gasteiger charge is 2.24. The molecule has 0 bridgehead atoms. The van der Waals surface area contributed by atoms with Gasteiger partial charge in [0, 0.05) is 31.0 Å². The van der Waals surface area contributed by atoms with Crippen LogP contribution in [0.1, 0.15) is 5.56 Å². The number of halogens is 1. The van der Waals surface area contributed by atoms with Crippen molar-refractivity contribution in [2.75, 3.05) is 24.6 Å². The summed E-state index contributed by atoms with van der Waals surface area (Å²) in [7, 11) is 0. The Balaban J connectivity index is 1.38. The van der Waals surface area contributed by atoms with Crippen LogP contribution in [0.2, 0.25) is 0 Å². The minimum atomic E-state index is -0.127. The summed E-state index contributed by atoms with van der Waals surface area (Å²) in [6.45, 7) is 2.38. The zero-order valence-corrected chi connectivity index (χ0v) is 17.8. The third-order valence-corrected chi connectivity index (χ3v) is 5.33. The Morgan fingerprint density at radius 1 is 1.19 bits per heavy atom. The first kappa shape index (κ1) is 19.5. The molecule has 1 fully saturated rings. The Kier molecular flexibility index (Phi) is 5.23. The number of morpholine rings is 1. The van der Waals surface area contributed by atoms with Gasteiger partial charge in [0.2, 0.25) is 11.6 Å². The van der Waals surface area contributed by atoms with E-state index < -0.39 is 0 Å². The van der Waals surface area contributed by atoms with Crippen LogP contribution in [0.15, 0.2) is 47.3 Å². The zero-order valence-electron chi connectivity index (χ0n) is 16.3. The quantitative estimate of drug-likeness (QED) is 0.435. The smallest absolute Gasteiger partial charge is 0.225 e. The molecule has 4 aromatic rings. The average Bonchev–Trinajstić information content (AvgIpc) is 3.21. The number of rotatable bonds is 4. The number of hydrogen-bond donors (Lipinski definition) is 0. The number of nitriles is 1. The average molecular weight is 478 g/mol. The van der Waals surface area contributed by atoms with E-state index in [1.54, 1.807) is 35.4 Å². The summed E-state index contributed by atoms with van der Waals surface area (Å²) in [5.74, 6) is 0.666. The molecule has 0 radical (unpaired) electrons. The highest BCUT2D eigenvalue weighted by atomic mass is 79.9. The number of ether oxygens (including phenoxy) is 1. The predicted octanol–water partition coefficient (Wildman–Crippen LogP) is 2.22. The molecule has 1 aliphatic rings. The van der Waals surface area contributed by atoms with E-state index in [4.69, 9.17) is 15.0 Å². The van der Waals surface area contributed by atoms with Crippen molar-refractivity contribution in [3.63, 3.8) is 0 Å². The van der Waals surface area contributed by atoms with Crippen molar-refractivity contribution in [2.45, 2.75) is 12.6 Å². The van der Waals surface area contributed by atoms with Crippen molar-refractivity contribution in [1.82, 2.24) is 34.9 Å². The summed E-state index contributed by atoms with van der Waals surface area (Å²) in [5, 5.41) is 17.5. The lowest BCUT2D eigenvalue weighted by atomic mass is 10.1. The van der Waals surface area contributed by atoms with Gasteiger partial charge in [0.1, 0.15) is 0 Å². The molecule has 4 heterocycles. The molecule has 0 spiro atoms. The van der Waals surface area contributed by atoms with E-state index in [0.29, 0.717) is 48.2 Å². The molecular weight excluding hydrogens is 462 g/mol. The van der Waals surface area contributed by atoms with E-state index in [1.165, 1.54) is 0 Å². The predicted molar refractivity (Wildman–Crippen MR) is 115 cm³/mol. The largest absolute Gasteiger partial charge is 0.373 e. The van der Waals surface area contributed by atoms with Crippen LogP contribution in [0.25, 0.3) is 22.6 Å². The van der Waals surface area contributed by atoms with Crippen LogP contribution in [-0.4, -0.2) is 60.7 Å². The highest BCUT2D eigenvalue weighted by Crippen LogP contribution is 2.20. The number of anilines is 1. The Hall–Kier alpha value is -3.49. The number of aromatic nitrogens is 7. The van der Waals surface area contributed by atoms with Gasteiger partial charge >= 0.3 is 0 Å². The van der Waals surface area contributed by atoms with Gasteiger partial charge in [0.05, 0.1) is 47.3 Å². The molecule has 1 saturated heterocycles. The first-order chi connectivity index (χ1) is 15.2. The van der Waals surface area contributed by atoms with E-state index in [-0.39, 0.29) is 6.10 Å². The highest BCUT2D eigenvalue weighted by molar-refractivity contribution is 9.10. The normalized spacial score (nSPS) is 16.4. The first-order valence-electron chi connectivity index (χ1n) is 9.60. The second kappa shape index (κ2) is 8.33. The fourth-order valence-electron chi connectivity index (χ4n) is 3.44. The third-order valence-electron chi connectivity index (χ3n) is 4.92. The maximum Gasteiger partial charge on any atom is 0.225 e. The van der Waals surface area contributed by atoms with E-state index in [2.05, 4.69) is 52.2 Å². The molecule has 1 aromatic carbocycles. The van der Waals surface area contributed by atoms with Crippen LogP contribution in [0.3, 0.4) is 0 Å². The molecule has 1 atom stereocenters. The molecule has 5 rings (SSSR count). The molecule has 3 aromatic heterocycles. The molecule has 11 heteroatoms. The van der Waals surface area contributed by atoms with Gasteiger partial charge in [-0.3, -0.25) is 0 Å². The van der Waals surface area contributed by atoms with Crippen molar-refractivity contribution >= 4 is 33.2 Å².